The molecule has 0 heterocycles. The van der Waals surface area contributed by atoms with Crippen LogP contribution in [0.25, 0.3) is 0 Å². The maximum atomic E-state index is 10.6. The normalized spacial score (nSPS) is 12.7. The molecule has 1 aromatic carbocycles. The molecule has 0 aliphatic heterocycles. The van der Waals surface area contributed by atoms with Gasteiger partial charge in [-0.3, -0.25) is 4.79 Å². The molecule has 0 bridgehead atoms. The van der Waals surface area contributed by atoms with Gasteiger partial charge in [0.2, 0.25) is 5.91 Å². The number of amides is 1. The molecule has 0 aliphatic carbocycles. The van der Waals surface area contributed by atoms with Crippen molar-refractivity contribution in [2.45, 2.75) is 54.0 Å². The van der Waals surface area contributed by atoms with E-state index < -0.39 is 12.0 Å². The standard InChI is InChI=1S/C9H12.C8H15NO3/c1-7-5-4-6-8(2)9(7)3;1-4-5(2)7(8(11)12)9-6(3)10/h4-6H,1-3H3;5,7H,4H2,1-3H3,(H,9,10)(H,11,12). The first kappa shape index (κ1) is 19.2. The lowest BCUT2D eigenvalue weighted by Gasteiger charge is -2.18. The number of benzene rings is 1. The van der Waals surface area contributed by atoms with E-state index in [9.17, 15) is 9.59 Å². The zero-order valence-corrected chi connectivity index (χ0v) is 13.9. The predicted octanol–water partition coefficient (Wildman–Crippen LogP) is 3.23. The summed E-state index contributed by atoms with van der Waals surface area (Å²) in [4.78, 5) is 21.2. The molecule has 4 nitrogen and oxygen atoms in total. The van der Waals surface area contributed by atoms with Crippen molar-refractivity contribution in [3.05, 3.63) is 34.9 Å². The van der Waals surface area contributed by atoms with E-state index >= 15 is 0 Å². The van der Waals surface area contributed by atoms with E-state index in [1.807, 2.05) is 6.92 Å². The van der Waals surface area contributed by atoms with Gasteiger partial charge in [-0.05, 0) is 43.4 Å². The third-order valence-electron chi connectivity index (χ3n) is 3.71. The highest BCUT2D eigenvalue weighted by Crippen LogP contribution is 2.10. The molecule has 0 aromatic heterocycles. The van der Waals surface area contributed by atoms with E-state index in [0.717, 1.165) is 6.42 Å². The summed E-state index contributed by atoms with van der Waals surface area (Å²) in [5, 5.41) is 11.1. The highest BCUT2D eigenvalue weighted by molar-refractivity contribution is 5.82. The van der Waals surface area contributed by atoms with Crippen LogP contribution in [0.2, 0.25) is 0 Å². The molecule has 0 radical (unpaired) electrons. The molecule has 0 saturated carbocycles. The van der Waals surface area contributed by atoms with Crippen LogP contribution in [0.3, 0.4) is 0 Å². The second-order valence-electron chi connectivity index (χ2n) is 5.42. The van der Waals surface area contributed by atoms with Gasteiger partial charge >= 0.3 is 5.97 Å². The first-order valence-corrected chi connectivity index (χ1v) is 7.23. The topological polar surface area (TPSA) is 66.4 Å². The maximum absolute atomic E-state index is 10.6. The van der Waals surface area contributed by atoms with Crippen LogP contribution in [0.15, 0.2) is 18.2 Å². The van der Waals surface area contributed by atoms with E-state index in [2.05, 4.69) is 44.3 Å². The lowest BCUT2D eigenvalue weighted by molar-refractivity contribution is -0.143. The average Bonchev–Trinajstić information content (AvgIpc) is 2.41. The van der Waals surface area contributed by atoms with E-state index in [4.69, 9.17) is 5.11 Å². The summed E-state index contributed by atoms with van der Waals surface area (Å²) >= 11 is 0. The first-order valence-electron chi connectivity index (χ1n) is 7.23. The molecular weight excluding hydrogens is 266 g/mol. The van der Waals surface area contributed by atoms with Crippen LogP contribution in [0, 0.1) is 26.7 Å². The molecule has 21 heavy (non-hydrogen) atoms. The van der Waals surface area contributed by atoms with E-state index in [1.54, 1.807) is 6.92 Å². The second kappa shape index (κ2) is 9.16. The molecule has 0 spiro atoms. The van der Waals surface area contributed by atoms with Crippen molar-refractivity contribution >= 4 is 11.9 Å². The number of carboxylic acid groups (broad SMARTS) is 1. The van der Waals surface area contributed by atoms with Gasteiger partial charge in [0, 0.05) is 6.92 Å². The van der Waals surface area contributed by atoms with Gasteiger partial charge in [-0.15, -0.1) is 0 Å². The van der Waals surface area contributed by atoms with Crippen molar-refractivity contribution in [2.75, 3.05) is 0 Å². The Kier molecular flexibility index (Phi) is 8.36. The average molecular weight is 293 g/mol. The van der Waals surface area contributed by atoms with E-state index in [0.29, 0.717) is 0 Å². The number of aryl methyl sites for hydroxylation is 2. The van der Waals surface area contributed by atoms with Gasteiger partial charge in [-0.1, -0.05) is 38.5 Å². The van der Waals surface area contributed by atoms with E-state index in [1.165, 1.54) is 23.6 Å². The highest BCUT2D eigenvalue weighted by atomic mass is 16.4. The van der Waals surface area contributed by atoms with Crippen molar-refractivity contribution in [1.82, 2.24) is 5.32 Å². The summed E-state index contributed by atoms with van der Waals surface area (Å²) in [7, 11) is 0. The maximum Gasteiger partial charge on any atom is 0.326 e. The molecule has 4 heteroatoms. The summed E-state index contributed by atoms with van der Waals surface area (Å²) in [6.07, 6.45) is 0.733. The number of carbonyl (C=O) groups excluding carboxylic acids is 1. The molecule has 0 fully saturated rings. The molecule has 2 unspecified atom stereocenters. The number of carbonyl (C=O) groups is 2. The fourth-order valence-electron chi connectivity index (χ4n) is 1.80. The lowest BCUT2D eigenvalue weighted by atomic mass is 9.99. The molecule has 1 aromatic rings. The molecule has 2 N–H and O–H groups in total. The minimum absolute atomic E-state index is 0.0357. The zero-order valence-electron chi connectivity index (χ0n) is 13.9. The van der Waals surface area contributed by atoms with E-state index in [-0.39, 0.29) is 11.8 Å². The number of aliphatic carboxylic acids is 1. The van der Waals surface area contributed by atoms with Crippen LogP contribution in [-0.2, 0) is 9.59 Å². The van der Waals surface area contributed by atoms with Gasteiger partial charge in [0.15, 0.2) is 0 Å². The van der Waals surface area contributed by atoms with Crippen LogP contribution in [0.1, 0.15) is 43.9 Å². The molecule has 0 aliphatic rings. The number of nitrogens with one attached hydrogen (secondary N) is 1. The Hall–Kier alpha value is -1.84. The summed E-state index contributed by atoms with van der Waals surface area (Å²) in [5.74, 6) is -1.31. The highest BCUT2D eigenvalue weighted by Gasteiger charge is 2.23. The van der Waals surface area contributed by atoms with Crippen molar-refractivity contribution < 1.29 is 14.7 Å². The summed E-state index contributed by atoms with van der Waals surface area (Å²) in [6.45, 7) is 11.4. The quantitative estimate of drug-likeness (QED) is 0.895. The van der Waals surface area contributed by atoms with Crippen LogP contribution in [0.4, 0.5) is 0 Å². The summed E-state index contributed by atoms with van der Waals surface area (Å²) < 4.78 is 0. The van der Waals surface area contributed by atoms with Crippen molar-refractivity contribution in [3.8, 4) is 0 Å². The number of rotatable bonds is 4. The van der Waals surface area contributed by atoms with Crippen molar-refractivity contribution in [2.24, 2.45) is 5.92 Å². The third kappa shape index (κ3) is 6.93. The Morgan fingerprint density at radius 1 is 1.19 bits per heavy atom. The van der Waals surface area contributed by atoms with Crippen LogP contribution >= 0.6 is 0 Å². The zero-order chi connectivity index (χ0) is 16.6. The Bertz CT molecular complexity index is 463. The summed E-state index contributed by atoms with van der Waals surface area (Å²) in [5.41, 5.74) is 4.18. The number of hydrogen-bond acceptors (Lipinski definition) is 2. The van der Waals surface area contributed by atoms with Gasteiger partial charge < -0.3 is 10.4 Å². The number of hydrogen-bond donors (Lipinski definition) is 2. The number of carboxylic acids is 1. The molecule has 2 atom stereocenters. The molecule has 118 valence electrons. The fraction of sp³-hybridized carbons (Fsp3) is 0.529. The van der Waals surface area contributed by atoms with Crippen LogP contribution in [0.5, 0.6) is 0 Å². The minimum Gasteiger partial charge on any atom is -0.480 e. The van der Waals surface area contributed by atoms with Crippen molar-refractivity contribution in [1.29, 1.82) is 0 Å². The first-order chi connectivity index (χ1) is 9.70. The van der Waals surface area contributed by atoms with Gasteiger partial charge in [-0.25, -0.2) is 4.79 Å². The lowest BCUT2D eigenvalue weighted by Crippen LogP contribution is -2.43. The van der Waals surface area contributed by atoms with Gasteiger partial charge in [0.1, 0.15) is 6.04 Å². The SMILES string of the molecule is CCC(C)C(NC(C)=O)C(=O)O.Cc1cccc(C)c1C. The van der Waals surface area contributed by atoms with Crippen LogP contribution < -0.4 is 5.32 Å². The monoisotopic (exact) mass is 293 g/mol. The molecular formula is C17H27NO3. The Morgan fingerprint density at radius 2 is 1.67 bits per heavy atom. The smallest absolute Gasteiger partial charge is 0.326 e. The van der Waals surface area contributed by atoms with Gasteiger partial charge in [-0.2, -0.15) is 0 Å². The Labute approximate surface area is 127 Å². The Balaban J connectivity index is 0.000000394. The minimum atomic E-state index is -0.973. The molecule has 0 saturated heterocycles. The second-order valence-corrected chi connectivity index (χ2v) is 5.42. The molecule has 1 rings (SSSR count). The molecule has 1 amide bonds. The summed E-state index contributed by atoms with van der Waals surface area (Å²) in [6, 6.07) is 5.62. The van der Waals surface area contributed by atoms with Crippen molar-refractivity contribution in [3.63, 3.8) is 0 Å². The predicted molar refractivity (Wildman–Crippen MR) is 85.3 cm³/mol. The largest absolute Gasteiger partial charge is 0.480 e. The Morgan fingerprint density at radius 3 is 1.95 bits per heavy atom. The van der Waals surface area contributed by atoms with Gasteiger partial charge in [0.25, 0.3) is 0 Å². The van der Waals surface area contributed by atoms with Crippen LogP contribution in [-0.4, -0.2) is 23.0 Å². The third-order valence-corrected chi connectivity index (χ3v) is 3.71. The van der Waals surface area contributed by atoms with Gasteiger partial charge in [0.05, 0.1) is 0 Å². The fourth-order valence-corrected chi connectivity index (χ4v) is 1.80.